The van der Waals surface area contributed by atoms with Crippen LogP contribution in [0.15, 0.2) is 24.4 Å². The van der Waals surface area contributed by atoms with Crippen molar-refractivity contribution in [2.24, 2.45) is 5.73 Å². The van der Waals surface area contributed by atoms with E-state index in [-0.39, 0.29) is 0 Å². The van der Waals surface area contributed by atoms with Crippen molar-refractivity contribution in [1.82, 2.24) is 9.88 Å². The van der Waals surface area contributed by atoms with E-state index in [0.717, 1.165) is 19.4 Å². The molecule has 1 aromatic carbocycles. The smallest absolute Gasteiger partial charge is 0.0456 e. The first kappa shape index (κ1) is 11.8. The van der Waals surface area contributed by atoms with Crippen LogP contribution in [0.2, 0.25) is 0 Å². The van der Waals surface area contributed by atoms with Crippen LogP contribution in [0.5, 0.6) is 0 Å². The van der Waals surface area contributed by atoms with Gasteiger partial charge >= 0.3 is 0 Å². The monoisotopic (exact) mass is 243 g/mol. The molecule has 1 fully saturated rings. The summed E-state index contributed by atoms with van der Waals surface area (Å²) >= 11 is 0. The number of piperidine rings is 1. The molecule has 0 aliphatic carbocycles. The molecule has 3 nitrogen and oxygen atoms in total. The second-order valence-electron chi connectivity index (χ2n) is 5.57. The van der Waals surface area contributed by atoms with Crippen molar-refractivity contribution in [3.8, 4) is 0 Å². The molecule has 1 aliphatic rings. The molecule has 0 amide bonds. The number of benzene rings is 1. The number of nitrogens with two attached hydrogens (primary N) is 1. The van der Waals surface area contributed by atoms with Crippen molar-refractivity contribution in [1.29, 1.82) is 0 Å². The first-order valence-corrected chi connectivity index (χ1v) is 6.68. The fourth-order valence-corrected chi connectivity index (χ4v) is 3.16. The maximum absolute atomic E-state index is 6.03. The highest BCUT2D eigenvalue weighted by Crippen LogP contribution is 2.33. The van der Waals surface area contributed by atoms with E-state index in [1.807, 2.05) is 6.20 Å². The number of nitrogens with one attached hydrogen (secondary N) is 1. The lowest BCUT2D eigenvalue weighted by Crippen LogP contribution is -2.42. The lowest BCUT2D eigenvalue weighted by atomic mass is 9.90. The molecule has 0 saturated carbocycles. The van der Waals surface area contributed by atoms with Crippen LogP contribution in [-0.4, -0.2) is 29.5 Å². The Morgan fingerprint density at radius 3 is 2.94 bits per heavy atom. The van der Waals surface area contributed by atoms with Gasteiger partial charge in [-0.25, -0.2) is 0 Å². The molecule has 2 atom stereocenters. The first-order valence-electron chi connectivity index (χ1n) is 6.68. The van der Waals surface area contributed by atoms with E-state index in [1.54, 1.807) is 0 Å². The van der Waals surface area contributed by atoms with Gasteiger partial charge in [-0.15, -0.1) is 0 Å². The van der Waals surface area contributed by atoms with Gasteiger partial charge in [-0.05, 0) is 61.5 Å². The van der Waals surface area contributed by atoms with E-state index in [4.69, 9.17) is 5.73 Å². The average molecular weight is 243 g/mol. The highest BCUT2D eigenvalue weighted by atomic mass is 15.1. The summed E-state index contributed by atoms with van der Waals surface area (Å²) in [5, 5.41) is 1.30. The molecule has 1 saturated heterocycles. The standard InChI is InChI=1S/C15H21N3/c1-10-7-14-11(5-6-17-14)8-13(10)15-4-3-12(16)9-18(15)2/h5-8,12,15,17H,3-4,9,16H2,1-2H3. The molecule has 1 aliphatic heterocycles. The quantitative estimate of drug-likeness (QED) is 0.808. The van der Waals surface area contributed by atoms with Crippen LogP contribution in [0.25, 0.3) is 10.9 Å². The average Bonchev–Trinajstić information content (AvgIpc) is 2.75. The molecule has 96 valence electrons. The summed E-state index contributed by atoms with van der Waals surface area (Å²) in [6.45, 7) is 3.20. The number of H-pyrrole nitrogens is 1. The number of nitrogens with zero attached hydrogens (tertiary/aromatic N) is 1. The van der Waals surface area contributed by atoms with Gasteiger partial charge in [-0.3, -0.25) is 4.90 Å². The molecule has 2 heterocycles. The molecule has 2 aromatic rings. The van der Waals surface area contributed by atoms with Crippen molar-refractivity contribution in [2.75, 3.05) is 13.6 Å². The largest absolute Gasteiger partial charge is 0.361 e. The molecule has 1 aromatic heterocycles. The Hall–Kier alpha value is -1.32. The third-order valence-electron chi connectivity index (χ3n) is 4.16. The lowest BCUT2D eigenvalue weighted by Gasteiger charge is -2.36. The molecule has 3 heteroatoms. The minimum atomic E-state index is 0.336. The van der Waals surface area contributed by atoms with E-state index in [0.29, 0.717) is 12.1 Å². The molecule has 0 spiro atoms. The lowest BCUT2D eigenvalue weighted by molar-refractivity contribution is 0.169. The van der Waals surface area contributed by atoms with Gasteiger partial charge in [0.05, 0.1) is 0 Å². The Morgan fingerprint density at radius 1 is 1.33 bits per heavy atom. The molecule has 3 rings (SSSR count). The highest BCUT2D eigenvalue weighted by molar-refractivity contribution is 5.81. The summed E-state index contributed by atoms with van der Waals surface area (Å²) < 4.78 is 0. The molecule has 2 unspecified atom stereocenters. The van der Waals surface area contributed by atoms with Crippen molar-refractivity contribution >= 4 is 10.9 Å². The molecule has 0 radical (unpaired) electrons. The fraction of sp³-hybridized carbons (Fsp3) is 0.467. The summed E-state index contributed by atoms with van der Waals surface area (Å²) in [6.07, 6.45) is 4.29. The van der Waals surface area contributed by atoms with Crippen LogP contribution < -0.4 is 5.73 Å². The van der Waals surface area contributed by atoms with E-state index in [1.165, 1.54) is 22.0 Å². The van der Waals surface area contributed by atoms with Crippen LogP contribution in [0, 0.1) is 6.92 Å². The predicted octanol–water partition coefficient (Wildman–Crippen LogP) is 2.57. The number of rotatable bonds is 1. The van der Waals surface area contributed by atoms with Gasteiger partial charge in [-0.2, -0.15) is 0 Å². The van der Waals surface area contributed by atoms with E-state index >= 15 is 0 Å². The third kappa shape index (κ3) is 1.93. The maximum atomic E-state index is 6.03. The molecule has 0 bridgehead atoms. The normalized spacial score (nSPS) is 25.7. The minimum absolute atomic E-state index is 0.336. The van der Waals surface area contributed by atoms with Crippen molar-refractivity contribution in [3.05, 3.63) is 35.5 Å². The van der Waals surface area contributed by atoms with E-state index in [9.17, 15) is 0 Å². The zero-order chi connectivity index (χ0) is 12.7. The topological polar surface area (TPSA) is 45.1 Å². The van der Waals surface area contributed by atoms with Crippen LogP contribution in [-0.2, 0) is 0 Å². The van der Waals surface area contributed by atoms with E-state index < -0.39 is 0 Å². The van der Waals surface area contributed by atoms with Crippen molar-refractivity contribution in [3.63, 3.8) is 0 Å². The fourth-order valence-electron chi connectivity index (χ4n) is 3.16. The van der Waals surface area contributed by atoms with E-state index in [2.05, 4.69) is 42.1 Å². The van der Waals surface area contributed by atoms with Gasteiger partial charge < -0.3 is 10.7 Å². The summed E-state index contributed by atoms with van der Waals surface area (Å²) in [5.41, 5.74) is 10.1. The zero-order valence-corrected chi connectivity index (χ0v) is 11.1. The number of likely N-dealkylation sites (N-methyl/N-ethyl adjacent to an activating group) is 1. The third-order valence-corrected chi connectivity index (χ3v) is 4.16. The second kappa shape index (κ2) is 4.41. The SMILES string of the molecule is Cc1cc2[nH]ccc2cc1C1CCC(N)CN1C. The number of fused-ring (bicyclic) bond motifs is 1. The van der Waals surface area contributed by atoms with Gasteiger partial charge in [0.1, 0.15) is 0 Å². The minimum Gasteiger partial charge on any atom is -0.361 e. The number of aromatic nitrogens is 1. The van der Waals surface area contributed by atoms with Gasteiger partial charge in [0.15, 0.2) is 0 Å². The maximum Gasteiger partial charge on any atom is 0.0456 e. The summed E-state index contributed by atoms with van der Waals surface area (Å²) in [7, 11) is 2.18. The second-order valence-corrected chi connectivity index (χ2v) is 5.57. The molecule has 18 heavy (non-hydrogen) atoms. The van der Waals surface area contributed by atoms with Gasteiger partial charge in [0.2, 0.25) is 0 Å². The Labute approximate surface area is 108 Å². The number of hydrogen-bond acceptors (Lipinski definition) is 2. The Balaban J connectivity index is 2.00. The van der Waals surface area contributed by atoms with Crippen molar-refractivity contribution < 1.29 is 0 Å². The van der Waals surface area contributed by atoms with Gasteiger partial charge in [-0.1, -0.05) is 0 Å². The summed E-state index contributed by atoms with van der Waals surface area (Å²) in [5.74, 6) is 0. The summed E-state index contributed by atoms with van der Waals surface area (Å²) in [6, 6.07) is 7.59. The van der Waals surface area contributed by atoms with Crippen LogP contribution in [0.3, 0.4) is 0 Å². The van der Waals surface area contributed by atoms with Gasteiger partial charge in [0, 0.05) is 30.3 Å². The number of hydrogen-bond donors (Lipinski definition) is 2. The first-order chi connectivity index (χ1) is 8.65. The number of likely N-dealkylation sites (tertiary alicyclic amines) is 1. The van der Waals surface area contributed by atoms with Crippen molar-refractivity contribution in [2.45, 2.75) is 31.8 Å². The van der Waals surface area contributed by atoms with Crippen LogP contribution >= 0.6 is 0 Å². The number of aryl methyl sites for hydroxylation is 1. The Bertz CT molecular complexity index is 558. The Kier molecular flexibility index (Phi) is 2.88. The Morgan fingerprint density at radius 2 is 2.17 bits per heavy atom. The zero-order valence-electron chi connectivity index (χ0n) is 11.1. The summed E-state index contributed by atoms with van der Waals surface area (Å²) in [4.78, 5) is 5.67. The molecular weight excluding hydrogens is 222 g/mol. The van der Waals surface area contributed by atoms with Crippen LogP contribution in [0.1, 0.15) is 30.0 Å². The molecule has 3 N–H and O–H groups in total. The predicted molar refractivity (Wildman–Crippen MR) is 75.6 cm³/mol. The molecular formula is C15H21N3. The highest BCUT2D eigenvalue weighted by Gasteiger charge is 2.26. The van der Waals surface area contributed by atoms with Gasteiger partial charge in [0.25, 0.3) is 0 Å². The number of aromatic amines is 1. The van der Waals surface area contributed by atoms with Crippen LogP contribution in [0.4, 0.5) is 0 Å².